The van der Waals surface area contributed by atoms with Crippen molar-refractivity contribution in [2.75, 3.05) is 20.2 Å². The summed E-state index contributed by atoms with van der Waals surface area (Å²) in [5.74, 6) is -1.36. The second-order valence-electron chi connectivity index (χ2n) is 9.26. The van der Waals surface area contributed by atoms with E-state index in [1.165, 1.54) is 11.9 Å². The lowest BCUT2D eigenvalue weighted by Gasteiger charge is -2.33. The molecule has 2 N–H and O–H groups in total. The fourth-order valence-corrected chi connectivity index (χ4v) is 4.48. The fourth-order valence-electron chi connectivity index (χ4n) is 4.48. The lowest BCUT2D eigenvalue weighted by Crippen LogP contribution is -2.52. The quantitative estimate of drug-likeness (QED) is 0.691. The molecular formula is C25H28N2O5. The number of carbonyl (C=O) groups is 3. The van der Waals surface area contributed by atoms with Crippen LogP contribution in [0.5, 0.6) is 0 Å². The van der Waals surface area contributed by atoms with Crippen LogP contribution in [0, 0.1) is 5.41 Å². The molecule has 0 unspecified atom stereocenters. The van der Waals surface area contributed by atoms with Gasteiger partial charge in [-0.2, -0.15) is 0 Å². The lowest BCUT2D eigenvalue weighted by molar-refractivity contribution is -0.154. The summed E-state index contributed by atoms with van der Waals surface area (Å²) in [6.45, 7) is 3.61. The van der Waals surface area contributed by atoms with Crippen molar-refractivity contribution in [3.05, 3.63) is 59.7 Å². The Morgan fingerprint density at radius 3 is 2.09 bits per heavy atom. The Morgan fingerprint density at radius 2 is 1.59 bits per heavy atom. The number of carboxylic acids is 1. The molecule has 4 rings (SSSR count). The van der Waals surface area contributed by atoms with Gasteiger partial charge in [0, 0.05) is 19.5 Å². The third-order valence-corrected chi connectivity index (χ3v) is 6.67. The molecule has 1 saturated carbocycles. The van der Waals surface area contributed by atoms with E-state index in [-0.39, 0.29) is 25.0 Å². The zero-order valence-corrected chi connectivity index (χ0v) is 18.6. The highest BCUT2D eigenvalue weighted by molar-refractivity contribution is 5.92. The Kier molecular flexibility index (Phi) is 5.44. The number of hydrogen-bond acceptors (Lipinski definition) is 4. The molecule has 2 aliphatic rings. The number of nitrogens with one attached hydrogen (secondary N) is 1. The third-order valence-electron chi connectivity index (χ3n) is 6.67. The van der Waals surface area contributed by atoms with Crippen LogP contribution < -0.4 is 5.32 Å². The van der Waals surface area contributed by atoms with Crippen molar-refractivity contribution in [2.24, 2.45) is 5.41 Å². The highest BCUT2D eigenvalue weighted by atomic mass is 16.5. The maximum absolute atomic E-state index is 12.9. The zero-order chi connectivity index (χ0) is 23.1. The first kappa shape index (κ1) is 21.9. The molecule has 0 aromatic heterocycles. The molecule has 2 amide bonds. The molecule has 0 spiro atoms. The maximum Gasteiger partial charge on any atom is 0.407 e. The van der Waals surface area contributed by atoms with Gasteiger partial charge in [0.05, 0.1) is 5.41 Å². The van der Waals surface area contributed by atoms with Crippen LogP contribution in [-0.4, -0.2) is 53.7 Å². The number of hydrogen-bond donors (Lipinski definition) is 2. The van der Waals surface area contributed by atoms with Crippen LogP contribution in [0.25, 0.3) is 11.1 Å². The van der Waals surface area contributed by atoms with Gasteiger partial charge in [-0.05, 0) is 48.9 Å². The summed E-state index contributed by atoms with van der Waals surface area (Å²) in [7, 11) is 1.51. The summed E-state index contributed by atoms with van der Waals surface area (Å²) in [5, 5.41) is 12.1. The smallest absolute Gasteiger partial charge is 0.407 e. The predicted molar refractivity (Wildman–Crippen MR) is 119 cm³/mol. The summed E-state index contributed by atoms with van der Waals surface area (Å²) in [5.41, 5.74) is 2.48. The molecule has 7 nitrogen and oxygen atoms in total. The van der Waals surface area contributed by atoms with Crippen molar-refractivity contribution in [1.29, 1.82) is 0 Å². The van der Waals surface area contributed by atoms with E-state index in [1.54, 1.807) is 13.8 Å². The van der Waals surface area contributed by atoms with Crippen molar-refractivity contribution in [1.82, 2.24) is 10.2 Å². The Labute approximate surface area is 187 Å². The first-order valence-corrected chi connectivity index (χ1v) is 10.8. The van der Waals surface area contributed by atoms with Gasteiger partial charge in [0.15, 0.2) is 0 Å². The van der Waals surface area contributed by atoms with Crippen molar-refractivity contribution < 1.29 is 24.2 Å². The summed E-state index contributed by atoms with van der Waals surface area (Å²) >= 11 is 0. The molecule has 2 aromatic carbocycles. The van der Waals surface area contributed by atoms with E-state index >= 15 is 0 Å². The number of rotatable bonds is 7. The number of alkyl carbamates (subject to hydrolysis) is 1. The molecule has 0 bridgehead atoms. The second-order valence-corrected chi connectivity index (χ2v) is 9.26. The number of likely N-dealkylation sites (N-methyl/N-ethyl adjacent to an activating group) is 1. The number of benzene rings is 2. The summed E-state index contributed by atoms with van der Waals surface area (Å²) in [6, 6.07) is 16.2. The number of fused-ring (bicyclic) bond motifs is 3. The zero-order valence-electron chi connectivity index (χ0n) is 18.6. The van der Waals surface area contributed by atoms with Crippen LogP contribution in [0.2, 0.25) is 0 Å². The third kappa shape index (κ3) is 3.72. The summed E-state index contributed by atoms with van der Waals surface area (Å²) < 4.78 is 5.52. The van der Waals surface area contributed by atoms with Crippen LogP contribution in [-0.2, 0) is 14.3 Å². The van der Waals surface area contributed by atoms with Crippen molar-refractivity contribution in [2.45, 2.75) is 38.1 Å². The average Bonchev–Trinajstić information content (AvgIpc) is 3.54. The van der Waals surface area contributed by atoms with Crippen LogP contribution in [0.4, 0.5) is 4.79 Å². The molecule has 7 heteroatoms. The minimum Gasteiger partial charge on any atom is -0.479 e. The SMILES string of the molecule is CN(C(=O)C(C)(C)CNC(=O)OCC1c2ccccc2-c2ccccc21)C1(C(=O)O)CC1. The maximum atomic E-state index is 12.9. The van der Waals surface area contributed by atoms with Gasteiger partial charge in [0.2, 0.25) is 5.91 Å². The average molecular weight is 437 g/mol. The molecule has 0 heterocycles. The van der Waals surface area contributed by atoms with Gasteiger partial charge < -0.3 is 20.1 Å². The van der Waals surface area contributed by atoms with Crippen molar-refractivity contribution in [3.8, 4) is 11.1 Å². The van der Waals surface area contributed by atoms with Crippen LogP contribution in [0.1, 0.15) is 43.7 Å². The van der Waals surface area contributed by atoms with E-state index in [2.05, 4.69) is 29.6 Å². The van der Waals surface area contributed by atoms with Gasteiger partial charge in [-0.3, -0.25) is 4.79 Å². The van der Waals surface area contributed by atoms with Gasteiger partial charge in [-0.25, -0.2) is 9.59 Å². The Bertz CT molecular complexity index is 1030. The lowest BCUT2D eigenvalue weighted by atomic mass is 9.90. The van der Waals surface area contributed by atoms with E-state index in [1.807, 2.05) is 24.3 Å². The molecule has 1 fully saturated rings. The largest absolute Gasteiger partial charge is 0.479 e. The number of amides is 2. The first-order chi connectivity index (χ1) is 15.2. The number of carboxylic acid groups (broad SMARTS) is 1. The molecule has 0 radical (unpaired) electrons. The van der Waals surface area contributed by atoms with Crippen LogP contribution in [0.15, 0.2) is 48.5 Å². The highest BCUT2D eigenvalue weighted by Gasteiger charge is 2.57. The Morgan fingerprint density at radius 1 is 1.06 bits per heavy atom. The fraction of sp³-hybridized carbons (Fsp3) is 0.400. The molecule has 2 aliphatic carbocycles. The topological polar surface area (TPSA) is 95.9 Å². The van der Waals surface area contributed by atoms with Crippen molar-refractivity contribution >= 4 is 18.0 Å². The minimum atomic E-state index is -1.11. The summed E-state index contributed by atoms with van der Waals surface area (Å²) in [4.78, 5) is 38.1. The second kappa shape index (κ2) is 7.97. The molecule has 168 valence electrons. The Hall–Kier alpha value is -3.35. The standard InChI is InChI=1S/C25H28N2O5/c1-24(2,21(28)27(3)25(12-13-25)22(29)30)15-26-23(31)32-14-20-18-10-6-4-8-16(18)17-9-5-7-11-19(17)20/h4-11,20H,12-15H2,1-3H3,(H,26,31)(H,29,30). The van der Waals surface area contributed by atoms with E-state index in [0.717, 1.165) is 22.3 Å². The van der Waals surface area contributed by atoms with Crippen molar-refractivity contribution in [3.63, 3.8) is 0 Å². The number of carbonyl (C=O) groups excluding carboxylic acids is 2. The van der Waals surface area contributed by atoms with Gasteiger partial charge in [0.25, 0.3) is 0 Å². The van der Waals surface area contributed by atoms with Gasteiger partial charge in [0.1, 0.15) is 12.1 Å². The van der Waals surface area contributed by atoms with Crippen LogP contribution in [0.3, 0.4) is 0 Å². The van der Waals surface area contributed by atoms with E-state index in [4.69, 9.17) is 4.74 Å². The predicted octanol–water partition coefficient (Wildman–Crippen LogP) is 3.63. The number of nitrogens with zero attached hydrogens (tertiary/aromatic N) is 1. The normalized spacial score (nSPS) is 16.0. The van der Waals surface area contributed by atoms with E-state index in [9.17, 15) is 19.5 Å². The molecule has 0 atom stereocenters. The minimum absolute atomic E-state index is 0.0424. The van der Waals surface area contributed by atoms with Crippen LogP contribution >= 0.6 is 0 Å². The molecule has 0 saturated heterocycles. The van der Waals surface area contributed by atoms with Gasteiger partial charge >= 0.3 is 12.1 Å². The highest BCUT2D eigenvalue weighted by Crippen LogP contribution is 2.45. The monoisotopic (exact) mass is 436 g/mol. The molecule has 0 aliphatic heterocycles. The first-order valence-electron chi connectivity index (χ1n) is 10.8. The van der Waals surface area contributed by atoms with E-state index in [0.29, 0.717) is 12.8 Å². The van der Waals surface area contributed by atoms with Gasteiger partial charge in [-0.1, -0.05) is 48.5 Å². The molecule has 32 heavy (non-hydrogen) atoms. The van der Waals surface area contributed by atoms with Gasteiger partial charge in [-0.15, -0.1) is 0 Å². The molecule has 2 aromatic rings. The molecular weight excluding hydrogens is 408 g/mol. The Balaban J connectivity index is 1.36. The van der Waals surface area contributed by atoms with E-state index < -0.39 is 23.0 Å². The number of aliphatic carboxylic acids is 1. The summed E-state index contributed by atoms with van der Waals surface area (Å²) in [6.07, 6.45) is 0.288. The number of ether oxygens (including phenoxy) is 1.